The number of tetrazole rings is 1. The lowest BCUT2D eigenvalue weighted by Crippen LogP contribution is -2.14. The molecule has 1 heterocycles. The van der Waals surface area contributed by atoms with Gasteiger partial charge in [-0.05, 0) is 22.9 Å². The number of aromatic nitrogens is 4. The van der Waals surface area contributed by atoms with E-state index in [4.69, 9.17) is 4.74 Å². The Kier molecular flexibility index (Phi) is 4.05. The van der Waals surface area contributed by atoms with Crippen LogP contribution in [0.3, 0.4) is 0 Å². The molecule has 2 N–H and O–H groups in total. The molecule has 7 heteroatoms. The van der Waals surface area contributed by atoms with E-state index in [1.807, 2.05) is 36.4 Å². The van der Waals surface area contributed by atoms with E-state index >= 15 is 0 Å². The van der Waals surface area contributed by atoms with E-state index in [0.717, 1.165) is 5.56 Å². The van der Waals surface area contributed by atoms with Crippen LogP contribution in [0.1, 0.15) is 15.9 Å². The summed E-state index contributed by atoms with van der Waals surface area (Å²) < 4.78 is 5.74. The van der Waals surface area contributed by atoms with Crippen LogP contribution in [0.15, 0.2) is 54.6 Å². The molecule has 22 heavy (non-hydrogen) atoms. The molecule has 1 aromatic heterocycles. The van der Waals surface area contributed by atoms with Crippen molar-refractivity contribution in [2.75, 3.05) is 5.32 Å². The molecule has 2 aromatic carbocycles. The molecule has 0 aliphatic heterocycles. The first-order chi connectivity index (χ1) is 10.8. The van der Waals surface area contributed by atoms with Crippen molar-refractivity contribution in [2.45, 2.75) is 6.61 Å². The molecule has 0 aliphatic carbocycles. The molecule has 1 amide bonds. The van der Waals surface area contributed by atoms with Gasteiger partial charge in [-0.1, -0.05) is 47.6 Å². The largest absolute Gasteiger partial charge is 0.488 e. The standard InChI is InChI=1S/C15H13N5O2/c21-14(16-15-17-19-20-18-15)12-8-4-5-9-13(12)22-10-11-6-2-1-3-7-11/h1-9H,10H2,(H2,16,17,18,19,20,21). The van der Waals surface area contributed by atoms with E-state index in [2.05, 4.69) is 25.9 Å². The number of carbonyl (C=O) groups excluding carboxylic acids is 1. The van der Waals surface area contributed by atoms with Crippen LogP contribution in [0.5, 0.6) is 5.75 Å². The van der Waals surface area contributed by atoms with Gasteiger partial charge in [0.1, 0.15) is 12.4 Å². The van der Waals surface area contributed by atoms with Crippen molar-refractivity contribution >= 4 is 11.9 Å². The number of para-hydroxylation sites is 1. The molecule has 3 rings (SSSR count). The van der Waals surface area contributed by atoms with Crippen molar-refractivity contribution in [2.24, 2.45) is 0 Å². The molecule has 0 bridgehead atoms. The first-order valence-corrected chi connectivity index (χ1v) is 6.63. The SMILES string of the molecule is O=C(Nc1nn[nH]n1)c1ccccc1OCc1ccccc1. The Labute approximate surface area is 126 Å². The third-order valence-corrected chi connectivity index (χ3v) is 2.94. The summed E-state index contributed by atoms with van der Waals surface area (Å²) in [5.41, 5.74) is 1.43. The minimum Gasteiger partial charge on any atom is -0.488 e. The fourth-order valence-electron chi connectivity index (χ4n) is 1.90. The first kappa shape index (κ1) is 13.7. The minimum absolute atomic E-state index is 0.114. The number of H-pyrrole nitrogens is 1. The Morgan fingerprint density at radius 2 is 1.86 bits per heavy atom. The zero-order chi connectivity index (χ0) is 15.2. The van der Waals surface area contributed by atoms with Crippen LogP contribution < -0.4 is 10.1 Å². The number of rotatable bonds is 5. The predicted molar refractivity (Wildman–Crippen MR) is 79.3 cm³/mol. The molecule has 0 unspecified atom stereocenters. The first-order valence-electron chi connectivity index (χ1n) is 6.63. The third kappa shape index (κ3) is 3.26. The number of hydrogen-bond donors (Lipinski definition) is 2. The maximum Gasteiger partial charge on any atom is 0.270 e. The topological polar surface area (TPSA) is 92.8 Å². The highest BCUT2D eigenvalue weighted by molar-refractivity contribution is 6.05. The summed E-state index contributed by atoms with van der Waals surface area (Å²) in [6, 6.07) is 16.7. The molecule has 0 fully saturated rings. The summed E-state index contributed by atoms with van der Waals surface area (Å²) in [7, 11) is 0. The van der Waals surface area contributed by atoms with E-state index in [-0.39, 0.29) is 11.9 Å². The summed E-state index contributed by atoms with van der Waals surface area (Å²) in [4.78, 5) is 12.2. The molecular formula is C15H13N5O2. The molecular weight excluding hydrogens is 282 g/mol. The maximum atomic E-state index is 12.2. The van der Waals surface area contributed by atoms with Gasteiger partial charge in [0.2, 0.25) is 0 Å². The molecule has 3 aromatic rings. The predicted octanol–water partition coefficient (Wildman–Crippen LogP) is 2.03. The molecule has 0 radical (unpaired) electrons. The molecule has 0 saturated carbocycles. The van der Waals surface area contributed by atoms with Crippen molar-refractivity contribution in [1.29, 1.82) is 0 Å². The number of nitrogens with one attached hydrogen (secondary N) is 2. The minimum atomic E-state index is -0.356. The fraction of sp³-hybridized carbons (Fsp3) is 0.0667. The van der Waals surface area contributed by atoms with Gasteiger partial charge >= 0.3 is 0 Å². The number of carbonyl (C=O) groups is 1. The Hall–Kier alpha value is -3.22. The van der Waals surface area contributed by atoms with E-state index < -0.39 is 0 Å². The van der Waals surface area contributed by atoms with Gasteiger partial charge in [0.25, 0.3) is 11.9 Å². The number of amides is 1. The number of ether oxygens (including phenoxy) is 1. The van der Waals surface area contributed by atoms with E-state index in [0.29, 0.717) is 17.9 Å². The quantitative estimate of drug-likeness (QED) is 0.751. The van der Waals surface area contributed by atoms with Crippen LogP contribution in [0.2, 0.25) is 0 Å². The summed E-state index contributed by atoms with van der Waals surface area (Å²) in [5, 5.41) is 15.6. The van der Waals surface area contributed by atoms with Crippen LogP contribution in [0.4, 0.5) is 5.95 Å². The number of aromatic amines is 1. The number of anilines is 1. The molecule has 0 atom stereocenters. The Morgan fingerprint density at radius 1 is 1.09 bits per heavy atom. The Balaban J connectivity index is 1.73. The zero-order valence-electron chi connectivity index (χ0n) is 11.6. The number of hydrogen-bond acceptors (Lipinski definition) is 5. The lowest BCUT2D eigenvalue weighted by molar-refractivity contribution is 0.102. The number of benzene rings is 2. The smallest absolute Gasteiger partial charge is 0.270 e. The van der Waals surface area contributed by atoms with E-state index in [9.17, 15) is 4.79 Å². The van der Waals surface area contributed by atoms with Crippen molar-refractivity contribution in [3.8, 4) is 5.75 Å². The van der Waals surface area contributed by atoms with Crippen LogP contribution >= 0.6 is 0 Å². The normalized spacial score (nSPS) is 10.2. The van der Waals surface area contributed by atoms with Crippen LogP contribution in [-0.4, -0.2) is 26.5 Å². The van der Waals surface area contributed by atoms with Crippen molar-refractivity contribution < 1.29 is 9.53 Å². The molecule has 110 valence electrons. The summed E-state index contributed by atoms with van der Waals surface area (Å²) in [5.74, 6) is 0.250. The van der Waals surface area contributed by atoms with Gasteiger partial charge in [-0.3, -0.25) is 10.1 Å². The lowest BCUT2D eigenvalue weighted by Gasteiger charge is -2.10. The third-order valence-electron chi connectivity index (χ3n) is 2.94. The fourth-order valence-corrected chi connectivity index (χ4v) is 1.90. The summed E-state index contributed by atoms with van der Waals surface area (Å²) in [6.07, 6.45) is 0. The summed E-state index contributed by atoms with van der Waals surface area (Å²) in [6.45, 7) is 0.382. The van der Waals surface area contributed by atoms with E-state index in [1.165, 1.54) is 0 Å². The Bertz CT molecular complexity index is 744. The molecule has 7 nitrogen and oxygen atoms in total. The van der Waals surface area contributed by atoms with Crippen LogP contribution in [0.25, 0.3) is 0 Å². The van der Waals surface area contributed by atoms with Crippen LogP contribution in [-0.2, 0) is 6.61 Å². The van der Waals surface area contributed by atoms with Gasteiger partial charge in [0.15, 0.2) is 0 Å². The zero-order valence-corrected chi connectivity index (χ0v) is 11.6. The van der Waals surface area contributed by atoms with Crippen LogP contribution in [0, 0.1) is 0 Å². The van der Waals surface area contributed by atoms with Gasteiger partial charge in [-0.2, -0.15) is 5.21 Å². The van der Waals surface area contributed by atoms with Gasteiger partial charge in [-0.25, -0.2) is 0 Å². The second-order valence-corrected chi connectivity index (χ2v) is 4.46. The van der Waals surface area contributed by atoms with Gasteiger partial charge in [0.05, 0.1) is 5.56 Å². The molecule has 0 spiro atoms. The second kappa shape index (κ2) is 6.49. The van der Waals surface area contributed by atoms with Crippen molar-refractivity contribution in [1.82, 2.24) is 20.6 Å². The van der Waals surface area contributed by atoms with E-state index in [1.54, 1.807) is 18.2 Å². The van der Waals surface area contributed by atoms with Gasteiger partial charge in [-0.15, -0.1) is 5.10 Å². The second-order valence-electron chi connectivity index (χ2n) is 4.46. The summed E-state index contributed by atoms with van der Waals surface area (Å²) >= 11 is 0. The number of nitrogens with zero attached hydrogens (tertiary/aromatic N) is 3. The highest BCUT2D eigenvalue weighted by atomic mass is 16.5. The maximum absolute atomic E-state index is 12.2. The van der Waals surface area contributed by atoms with Gasteiger partial charge < -0.3 is 4.74 Å². The molecule has 0 aliphatic rings. The average Bonchev–Trinajstić information content (AvgIpc) is 3.07. The monoisotopic (exact) mass is 295 g/mol. The highest BCUT2D eigenvalue weighted by Gasteiger charge is 2.14. The van der Waals surface area contributed by atoms with Crippen molar-refractivity contribution in [3.63, 3.8) is 0 Å². The average molecular weight is 295 g/mol. The van der Waals surface area contributed by atoms with Gasteiger partial charge in [0, 0.05) is 0 Å². The highest BCUT2D eigenvalue weighted by Crippen LogP contribution is 2.20. The Morgan fingerprint density at radius 3 is 2.64 bits per heavy atom. The lowest BCUT2D eigenvalue weighted by atomic mass is 10.2. The molecule has 0 saturated heterocycles. The van der Waals surface area contributed by atoms with Crippen molar-refractivity contribution in [3.05, 3.63) is 65.7 Å².